The second kappa shape index (κ2) is 8.13. The van der Waals surface area contributed by atoms with Gasteiger partial charge in [-0.25, -0.2) is 0 Å². The summed E-state index contributed by atoms with van der Waals surface area (Å²) in [6.07, 6.45) is 3.22. The summed E-state index contributed by atoms with van der Waals surface area (Å²) in [6, 6.07) is 9.56. The number of nitrogens with zero attached hydrogens (tertiary/aromatic N) is 1. The molecule has 5 heteroatoms. The third-order valence-corrected chi connectivity index (χ3v) is 3.30. The number of aliphatic hydroxyl groups excluding tert-OH is 1. The first-order valence-electron chi connectivity index (χ1n) is 8.10. The lowest BCUT2D eigenvalue weighted by molar-refractivity contribution is 0.0999. The first-order valence-corrected chi connectivity index (χ1v) is 8.10. The van der Waals surface area contributed by atoms with Gasteiger partial charge in [-0.1, -0.05) is 23.4 Å². The summed E-state index contributed by atoms with van der Waals surface area (Å²) in [4.78, 5) is 0. The van der Waals surface area contributed by atoms with Crippen LogP contribution in [0.1, 0.15) is 37.8 Å². The van der Waals surface area contributed by atoms with Crippen LogP contribution in [0, 0.1) is 6.92 Å². The predicted molar refractivity (Wildman–Crippen MR) is 95.9 cm³/mol. The number of rotatable bonds is 7. The zero-order valence-electron chi connectivity index (χ0n) is 14.7. The molecule has 1 aromatic carbocycles. The second-order valence-corrected chi connectivity index (χ2v) is 6.83. The number of nitrogens with one attached hydrogen (secondary N) is 1. The Labute approximate surface area is 143 Å². The Balaban J connectivity index is 1.95. The molecule has 2 rings (SSSR count). The van der Waals surface area contributed by atoms with E-state index in [0.717, 1.165) is 22.8 Å². The highest BCUT2D eigenvalue weighted by Gasteiger charge is 2.13. The fourth-order valence-electron chi connectivity index (χ4n) is 2.06. The second-order valence-electron chi connectivity index (χ2n) is 6.83. The molecule has 2 aromatic rings. The predicted octanol–water partition coefficient (Wildman–Crippen LogP) is 3.28. The molecule has 130 valence electrons. The maximum atomic E-state index is 10.0. The fraction of sp³-hybridized carbons (Fsp3) is 0.421. The van der Waals surface area contributed by atoms with E-state index in [9.17, 15) is 5.11 Å². The normalized spacial score (nSPS) is 13.4. The number of hydrogen-bond acceptors (Lipinski definition) is 5. The van der Waals surface area contributed by atoms with Gasteiger partial charge in [0.1, 0.15) is 29.9 Å². The molecule has 0 aliphatic carbocycles. The summed E-state index contributed by atoms with van der Waals surface area (Å²) in [5.74, 6) is 1.50. The zero-order valence-corrected chi connectivity index (χ0v) is 14.7. The molecule has 0 radical (unpaired) electrons. The van der Waals surface area contributed by atoms with Crippen molar-refractivity contribution >= 4 is 12.2 Å². The summed E-state index contributed by atoms with van der Waals surface area (Å²) in [6.45, 7) is 8.76. The van der Waals surface area contributed by atoms with Crippen molar-refractivity contribution in [2.24, 2.45) is 0 Å². The van der Waals surface area contributed by atoms with E-state index in [4.69, 9.17) is 9.26 Å². The van der Waals surface area contributed by atoms with Crippen LogP contribution >= 0.6 is 0 Å². The van der Waals surface area contributed by atoms with Gasteiger partial charge in [-0.2, -0.15) is 0 Å². The highest BCUT2D eigenvalue weighted by molar-refractivity contribution is 5.71. The van der Waals surface area contributed by atoms with Crippen molar-refractivity contribution in [3.63, 3.8) is 0 Å². The Morgan fingerprint density at radius 3 is 2.71 bits per heavy atom. The topological polar surface area (TPSA) is 67.5 Å². The number of aryl methyl sites for hydroxylation is 1. The van der Waals surface area contributed by atoms with Gasteiger partial charge in [0, 0.05) is 23.7 Å². The van der Waals surface area contributed by atoms with E-state index in [0.29, 0.717) is 6.54 Å². The van der Waals surface area contributed by atoms with E-state index >= 15 is 0 Å². The lowest BCUT2D eigenvalue weighted by Crippen LogP contribution is -2.42. The standard InChI is InChI=1S/C19H26N2O3/c1-14-11-16(21-24-14)10-9-15-7-5-6-8-18(15)23-13-17(22)12-20-19(2,3)4/h5-11,17,20,22H,12-13H2,1-4H3. The third kappa shape index (κ3) is 6.18. The summed E-state index contributed by atoms with van der Waals surface area (Å²) in [7, 11) is 0. The van der Waals surface area contributed by atoms with E-state index in [1.165, 1.54) is 0 Å². The molecule has 24 heavy (non-hydrogen) atoms. The van der Waals surface area contributed by atoms with Crippen LogP contribution in [-0.2, 0) is 0 Å². The van der Waals surface area contributed by atoms with Gasteiger partial charge in [-0.05, 0) is 45.9 Å². The van der Waals surface area contributed by atoms with E-state index in [1.807, 2.05) is 49.4 Å². The Hall–Kier alpha value is -2.11. The molecule has 0 bridgehead atoms. The Kier molecular flexibility index (Phi) is 6.17. The molecule has 2 N–H and O–H groups in total. The van der Waals surface area contributed by atoms with Gasteiger partial charge < -0.3 is 19.7 Å². The van der Waals surface area contributed by atoms with E-state index in [1.54, 1.807) is 0 Å². The van der Waals surface area contributed by atoms with Crippen LogP contribution in [-0.4, -0.2) is 35.1 Å². The monoisotopic (exact) mass is 330 g/mol. The minimum absolute atomic E-state index is 0.0304. The average Bonchev–Trinajstić information content (AvgIpc) is 2.94. The molecule has 5 nitrogen and oxygen atoms in total. The maximum absolute atomic E-state index is 10.0. The fourth-order valence-corrected chi connectivity index (χ4v) is 2.06. The summed E-state index contributed by atoms with van der Waals surface area (Å²) in [5, 5.41) is 17.2. The van der Waals surface area contributed by atoms with Crippen molar-refractivity contribution in [3.05, 3.63) is 47.3 Å². The number of aliphatic hydroxyl groups is 1. The number of β-amino-alcohol motifs (C(OH)–C–C–N with tert-alkyl or cyclic N) is 1. The zero-order chi connectivity index (χ0) is 17.6. The Morgan fingerprint density at radius 2 is 2.04 bits per heavy atom. The van der Waals surface area contributed by atoms with Crippen molar-refractivity contribution < 1.29 is 14.4 Å². The average molecular weight is 330 g/mol. The van der Waals surface area contributed by atoms with Gasteiger partial charge in [0.15, 0.2) is 0 Å². The number of para-hydroxylation sites is 1. The van der Waals surface area contributed by atoms with Crippen molar-refractivity contribution in [3.8, 4) is 5.75 Å². The largest absolute Gasteiger partial charge is 0.490 e. The molecule has 0 spiro atoms. The maximum Gasteiger partial charge on any atom is 0.134 e. The highest BCUT2D eigenvalue weighted by Crippen LogP contribution is 2.21. The lowest BCUT2D eigenvalue weighted by atomic mass is 10.1. The van der Waals surface area contributed by atoms with Crippen molar-refractivity contribution in [2.75, 3.05) is 13.2 Å². The van der Waals surface area contributed by atoms with Crippen LogP contribution in [0.25, 0.3) is 12.2 Å². The van der Waals surface area contributed by atoms with Crippen LogP contribution < -0.4 is 10.1 Å². The van der Waals surface area contributed by atoms with Crippen LogP contribution in [0.4, 0.5) is 0 Å². The van der Waals surface area contributed by atoms with Gasteiger partial charge >= 0.3 is 0 Å². The van der Waals surface area contributed by atoms with Crippen LogP contribution in [0.3, 0.4) is 0 Å². The van der Waals surface area contributed by atoms with Crippen LogP contribution in [0.5, 0.6) is 5.75 Å². The summed E-state index contributed by atoms with van der Waals surface area (Å²) < 4.78 is 10.8. The highest BCUT2D eigenvalue weighted by atomic mass is 16.5. The molecular formula is C19H26N2O3. The van der Waals surface area contributed by atoms with Crippen molar-refractivity contribution in [2.45, 2.75) is 39.3 Å². The number of aromatic nitrogens is 1. The van der Waals surface area contributed by atoms with Crippen LogP contribution in [0.2, 0.25) is 0 Å². The third-order valence-electron chi connectivity index (χ3n) is 3.30. The molecular weight excluding hydrogens is 304 g/mol. The lowest BCUT2D eigenvalue weighted by Gasteiger charge is -2.23. The molecule has 0 aliphatic heterocycles. The molecule has 0 saturated carbocycles. The van der Waals surface area contributed by atoms with Gasteiger partial charge in [0.25, 0.3) is 0 Å². The van der Waals surface area contributed by atoms with Crippen LogP contribution in [0.15, 0.2) is 34.9 Å². The van der Waals surface area contributed by atoms with Crippen molar-refractivity contribution in [1.82, 2.24) is 10.5 Å². The summed E-state index contributed by atoms with van der Waals surface area (Å²) >= 11 is 0. The van der Waals surface area contributed by atoms with Gasteiger partial charge in [-0.15, -0.1) is 0 Å². The van der Waals surface area contributed by atoms with Crippen molar-refractivity contribution in [1.29, 1.82) is 0 Å². The summed E-state index contributed by atoms with van der Waals surface area (Å²) in [5.41, 5.74) is 1.66. The minimum Gasteiger partial charge on any atom is -0.490 e. The number of benzene rings is 1. The smallest absolute Gasteiger partial charge is 0.134 e. The molecule has 0 amide bonds. The molecule has 1 atom stereocenters. The molecule has 0 saturated heterocycles. The Bertz CT molecular complexity index is 671. The van der Waals surface area contributed by atoms with Gasteiger partial charge in [-0.3, -0.25) is 0 Å². The Morgan fingerprint density at radius 1 is 1.29 bits per heavy atom. The SMILES string of the molecule is Cc1cc(C=Cc2ccccc2OCC(O)CNC(C)(C)C)no1. The van der Waals surface area contributed by atoms with Gasteiger partial charge in [0.05, 0.1) is 0 Å². The molecule has 0 fully saturated rings. The number of ether oxygens (including phenoxy) is 1. The van der Waals surface area contributed by atoms with Gasteiger partial charge in [0.2, 0.25) is 0 Å². The molecule has 1 heterocycles. The minimum atomic E-state index is -0.570. The first kappa shape index (κ1) is 18.2. The molecule has 1 aromatic heterocycles. The quantitative estimate of drug-likeness (QED) is 0.815. The molecule has 0 aliphatic rings. The first-order chi connectivity index (χ1) is 11.3. The molecule has 1 unspecified atom stereocenters. The van der Waals surface area contributed by atoms with E-state index < -0.39 is 6.10 Å². The van der Waals surface area contributed by atoms with E-state index in [-0.39, 0.29) is 12.1 Å². The van der Waals surface area contributed by atoms with E-state index in [2.05, 4.69) is 31.2 Å². The number of hydrogen-bond donors (Lipinski definition) is 2.